The second-order valence-corrected chi connectivity index (χ2v) is 9.43. The molecule has 3 rings (SSSR count). The quantitative estimate of drug-likeness (QED) is 0.910. The molecule has 1 atom stereocenters. The van der Waals surface area contributed by atoms with Crippen LogP contribution in [0.2, 0.25) is 0 Å². The van der Waals surface area contributed by atoms with Gasteiger partial charge in [0.1, 0.15) is 17.5 Å². The van der Waals surface area contributed by atoms with Gasteiger partial charge < -0.3 is 5.73 Å². The highest BCUT2D eigenvalue weighted by atomic mass is 32.2. The molecule has 5 nitrogen and oxygen atoms in total. The molecule has 2 aromatic rings. The Morgan fingerprint density at radius 3 is 2.28 bits per heavy atom. The first-order valence-electron chi connectivity index (χ1n) is 8.07. The molecule has 6 heteroatoms. The van der Waals surface area contributed by atoms with E-state index >= 15 is 0 Å². The summed E-state index contributed by atoms with van der Waals surface area (Å²) in [7, 11) is -3.26. The van der Waals surface area contributed by atoms with E-state index in [1.54, 1.807) is 24.3 Å². The molecule has 2 N–H and O–H groups in total. The van der Waals surface area contributed by atoms with Crippen molar-refractivity contribution in [1.82, 2.24) is 4.98 Å². The lowest BCUT2D eigenvalue weighted by Crippen LogP contribution is -2.06. The predicted octanol–water partition coefficient (Wildman–Crippen LogP) is 3.43. The number of pyridine rings is 1. The predicted molar refractivity (Wildman–Crippen MR) is 97.8 cm³/mol. The minimum atomic E-state index is -3.26. The number of hydrogen-bond donors (Lipinski definition) is 1. The van der Waals surface area contributed by atoms with Crippen molar-refractivity contribution in [1.29, 1.82) is 5.26 Å². The van der Waals surface area contributed by atoms with Crippen LogP contribution in [0.3, 0.4) is 0 Å². The largest absolute Gasteiger partial charge is 0.383 e. The average molecular weight is 355 g/mol. The van der Waals surface area contributed by atoms with Crippen LogP contribution < -0.4 is 5.73 Å². The molecular weight excluding hydrogens is 334 g/mol. The summed E-state index contributed by atoms with van der Waals surface area (Å²) in [6.07, 6.45) is 2.21. The van der Waals surface area contributed by atoms with Crippen LogP contribution in [0.15, 0.2) is 29.2 Å². The molecule has 1 aliphatic carbocycles. The third-order valence-corrected chi connectivity index (χ3v) is 6.16. The molecule has 0 spiro atoms. The maximum Gasteiger partial charge on any atom is 0.175 e. The number of nitrogen functional groups attached to an aromatic ring is 1. The zero-order valence-corrected chi connectivity index (χ0v) is 15.6. The summed E-state index contributed by atoms with van der Waals surface area (Å²) < 4.78 is 23.3. The molecule has 1 aromatic carbocycles. The van der Waals surface area contributed by atoms with E-state index in [0.717, 1.165) is 28.8 Å². The monoisotopic (exact) mass is 355 g/mol. The van der Waals surface area contributed by atoms with Crippen LogP contribution in [0, 0.1) is 23.7 Å². The molecule has 0 radical (unpaired) electrons. The van der Waals surface area contributed by atoms with Gasteiger partial charge in [-0.3, -0.25) is 0 Å². The maximum absolute atomic E-state index is 11.7. The van der Waals surface area contributed by atoms with Crippen molar-refractivity contribution in [3.05, 3.63) is 41.1 Å². The van der Waals surface area contributed by atoms with Crippen molar-refractivity contribution in [3.63, 3.8) is 0 Å². The third-order valence-electron chi connectivity index (χ3n) is 5.03. The van der Waals surface area contributed by atoms with Crippen LogP contribution in [0.4, 0.5) is 5.82 Å². The van der Waals surface area contributed by atoms with Crippen molar-refractivity contribution >= 4 is 15.7 Å². The highest BCUT2D eigenvalue weighted by Gasteiger charge is 2.48. The van der Waals surface area contributed by atoms with Crippen molar-refractivity contribution < 1.29 is 8.42 Å². The normalized spacial score (nSPS) is 18.6. The molecule has 25 heavy (non-hydrogen) atoms. The van der Waals surface area contributed by atoms with E-state index in [9.17, 15) is 13.7 Å². The SMILES string of the molecule is Cc1c([C@@H]2CC2(C)C)nc(N)c(C#N)c1-c1ccc(S(C)(=O)=O)cc1. The Labute approximate surface area is 148 Å². The van der Waals surface area contributed by atoms with Gasteiger partial charge in [0.2, 0.25) is 0 Å². The van der Waals surface area contributed by atoms with Gasteiger partial charge in [0, 0.05) is 17.7 Å². The third kappa shape index (κ3) is 3.00. The van der Waals surface area contributed by atoms with Gasteiger partial charge in [0.25, 0.3) is 0 Å². The summed E-state index contributed by atoms with van der Waals surface area (Å²) in [5.41, 5.74) is 9.98. The summed E-state index contributed by atoms with van der Waals surface area (Å²) in [4.78, 5) is 4.75. The van der Waals surface area contributed by atoms with Crippen LogP contribution >= 0.6 is 0 Å². The van der Waals surface area contributed by atoms with E-state index < -0.39 is 9.84 Å². The minimum absolute atomic E-state index is 0.190. The molecule has 1 fully saturated rings. The van der Waals surface area contributed by atoms with Gasteiger partial charge in [-0.25, -0.2) is 13.4 Å². The number of nitrogens with two attached hydrogens (primary N) is 1. The molecule has 1 saturated carbocycles. The van der Waals surface area contributed by atoms with E-state index in [2.05, 4.69) is 24.9 Å². The van der Waals surface area contributed by atoms with Crippen molar-refractivity contribution in [3.8, 4) is 17.2 Å². The van der Waals surface area contributed by atoms with E-state index in [1.807, 2.05) is 6.92 Å². The number of rotatable bonds is 3. The van der Waals surface area contributed by atoms with E-state index in [-0.39, 0.29) is 16.1 Å². The minimum Gasteiger partial charge on any atom is -0.383 e. The Bertz CT molecular complexity index is 1000. The fourth-order valence-electron chi connectivity index (χ4n) is 3.33. The summed E-state index contributed by atoms with van der Waals surface area (Å²) in [5, 5.41) is 9.55. The molecule has 0 bridgehead atoms. The fourth-order valence-corrected chi connectivity index (χ4v) is 3.96. The van der Waals surface area contributed by atoms with Crippen LogP contribution in [-0.2, 0) is 9.84 Å². The second kappa shape index (κ2) is 5.57. The highest BCUT2D eigenvalue weighted by molar-refractivity contribution is 7.90. The number of anilines is 1. The van der Waals surface area contributed by atoms with Gasteiger partial charge >= 0.3 is 0 Å². The summed E-state index contributed by atoms with van der Waals surface area (Å²) >= 11 is 0. The topological polar surface area (TPSA) is 96.8 Å². The van der Waals surface area contributed by atoms with Gasteiger partial charge in [-0.1, -0.05) is 26.0 Å². The number of hydrogen-bond acceptors (Lipinski definition) is 5. The Kier molecular flexibility index (Phi) is 3.88. The molecule has 0 aliphatic heterocycles. The number of aromatic nitrogens is 1. The second-order valence-electron chi connectivity index (χ2n) is 7.41. The number of nitrogens with zero attached hydrogens (tertiary/aromatic N) is 2. The Hall–Kier alpha value is -2.39. The molecule has 1 aliphatic rings. The lowest BCUT2D eigenvalue weighted by Gasteiger charge is -2.16. The molecular formula is C19H21N3O2S. The fraction of sp³-hybridized carbons (Fsp3) is 0.368. The van der Waals surface area contributed by atoms with Gasteiger partial charge in [-0.15, -0.1) is 0 Å². The summed E-state index contributed by atoms with van der Waals surface area (Å²) in [6, 6.07) is 8.71. The Morgan fingerprint density at radius 1 is 1.28 bits per heavy atom. The zero-order chi connectivity index (χ0) is 18.6. The van der Waals surface area contributed by atoms with Crippen molar-refractivity contribution in [2.24, 2.45) is 5.41 Å². The van der Waals surface area contributed by atoms with Gasteiger partial charge in [-0.2, -0.15) is 5.26 Å². The molecule has 0 amide bonds. The van der Waals surface area contributed by atoms with Crippen molar-refractivity contribution in [2.75, 3.05) is 12.0 Å². The van der Waals surface area contributed by atoms with E-state index in [1.165, 1.54) is 6.26 Å². The number of sulfone groups is 1. The first-order valence-corrected chi connectivity index (χ1v) is 9.96. The standard InChI is InChI=1S/C19H21N3O2S/c1-11-16(12-5-7-13(8-6-12)25(4,23)24)14(10-20)18(21)22-17(11)15-9-19(15,2)3/h5-8,15H,9H2,1-4H3,(H2,21,22)/t15-/m0/s1. The first kappa shape index (κ1) is 17.4. The van der Waals surface area contributed by atoms with Crippen LogP contribution in [0.1, 0.15) is 43.0 Å². The molecule has 1 heterocycles. The molecule has 1 aromatic heterocycles. The van der Waals surface area contributed by atoms with Gasteiger partial charge in [0.15, 0.2) is 9.84 Å². The molecule has 0 unspecified atom stereocenters. The van der Waals surface area contributed by atoms with E-state index in [4.69, 9.17) is 5.73 Å². The number of nitriles is 1. The molecule has 0 saturated heterocycles. The summed E-state index contributed by atoms with van der Waals surface area (Å²) in [5.74, 6) is 0.560. The maximum atomic E-state index is 11.7. The van der Waals surface area contributed by atoms with Crippen molar-refractivity contribution in [2.45, 2.75) is 38.0 Å². The summed E-state index contributed by atoms with van der Waals surface area (Å²) in [6.45, 7) is 6.33. The van der Waals surface area contributed by atoms with E-state index in [0.29, 0.717) is 11.5 Å². The lowest BCUT2D eigenvalue weighted by atomic mass is 9.92. The zero-order valence-electron chi connectivity index (χ0n) is 14.8. The van der Waals surface area contributed by atoms with Crippen LogP contribution in [-0.4, -0.2) is 19.7 Å². The van der Waals surface area contributed by atoms with Gasteiger partial charge in [0.05, 0.1) is 10.6 Å². The average Bonchev–Trinajstić information content (AvgIpc) is 3.16. The Morgan fingerprint density at radius 2 is 1.84 bits per heavy atom. The molecule has 130 valence electrons. The lowest BCUT2D eigenvalue weighted by molar-refractivity contribution is 0.602. The first-order chi connectivity index (χ1) is 11.6. The Balaban J connectivity index is 2.20. The highest BCUT2D eigenvalue weighted by Crippen LogP contribution is 2.59. The van der Waals surface area contributed by atoms with Crippen LogP contribution in [0.5, 0.6) is 0 Å². The van der Waals surface area contributed by atoms with Gasteiger partial charge in [-0.05, 0) is 42.0 Å². The van der Waals surface area contributed by atoms with Crippen LogP contribution in [0.25, 0.3) is 11.1 Å². The smallest absolute Gasteiger partial charge is 0.175 e. The number of benzene rings is 1.